The molecule has 1 atom stereocenters. The third kappa shape index (κ3) is 5.30. The highest BCUT2D eigenvalue weighted by molar-refractivity contribution is 5.21. The molecule has 2 fully saturated rings. The van der Waals surface area contributed by atoms with Gasteiger partial charge in [0.15, 0.2) is 0 Å². The molecule has 2 aliphatic rings. The molecule has 1 aliphatic carbocycles. The Morgan fingerprint density at radius 2 is 2.04 bits per heavy atom. The molecule has 1 saturated carbocycles. The van der Waals surface area contributed by atoms with E-state index in [1.807, 2.05) is 0 Å². The fraction of sp³-hybridized carbons (Fsp3) is 0.857. The van der Waals surface area contributed by atoms with E-state index >= 15 is 0 Å². The zero-order valence-corrected chi connectivity index (χ0v) is 16.8. The Balaban J connectivity index is 1.58. The van der Waals surface area contributed by atoms with Crippen LogP contribution in [-0.4, -0.2) is 63.9 Å². The normalized spacial score (nSPS) is 23.8. The van der Waals surface area contributed by atoms with Crippen molar-refractivity contribution in [3.05, 3.63) is 17.5 Å². The molecule has 0 bridgehead atoms. The fourth-order valence-electron chi connectivity index (χ4n) is 4.67. The van der Waals surface area contributed by atoms with Crippen LogP contribution in [0.1, 0.15) is 76.0 Å². The number of aliphatic hydroxyl groups is 1. The van der Waals surface area contributed by atoms with E-state index in [1.54, 1.807) is 0 Å². The quantitative estimate of drug-likeness (QED) is 0.744. The van der Waals surface area contributed by atoms with Crippen LogP contribution in [0, 0.1) is 5.92 Å². The monoisotopic (exact) mass is 362 g/mol. The summed E-state index contributed by atoms with van der Waals surface area (Å²) in [6, 6.07) is 0.484. The van der Waals surface area contributed by atoms with Gasteiger partial charge in [0.25, 0.3) is 0 Å². The molecule has 0 radical (unpaired) electrons. The highest BCUT2D eigenvalue weighted by Crippen LogP contribution is 2.33. The maximum absolute atomic E-state index is 9.51. The van der Waals surface area contributed by atoms with E-state index in [-0.39, 0.29) is 6.61 Å². The number of aromatic nitrogens is 2. The Kier molecular flexibility index (Phi) is 7.52. The highest BCUT2D eigenvalue weighted by atomic mass is 16.3. The molecule has 0 amide bonds. The summed E-state index contributed by atoms with van der Waals surface area (Å²) in [5, 5.41) is 17.2. The summed E-state index contributed by atoms with van der Waals surface area (Å²) in [6.45, 7) is 10.3. The first kappa shape index (κ1) is 19.8. The predicted molar refractivity (Wildman–Crippen MR) is 106 cm³/mol. The van der Waals surface area contributed by atoms with E-state index < -0.39 is 0 Å². The number of nitrogens with one attached hydrogen (secondary N) is 1. The zero-order valence-electron chi connectivity index (χ0n) is 16.8. The van der Waals surface area contributed by atoms with E-state index in [0.717, 1.165) is 45.1 Å². The molecular formula is C21H38N4O. The first-order valence-electron chi connectivity index (χ1n) is 10.8. The van der Waals surface area contributed by atoms with Crippen LogP contribution in [0.5, 0.6) is 0 Å². The third-order valence-corrected chi connectivity index (χ3v) is 6.30. The maximum Gasteiger partial charge on any atom is 0.0535 e. The molecule has 2 heterocycles. The smallest absolute Gasteiger partial charge is 0.0535 e. The van der Waals surface area contributed by atoms with Gasteiger partial charge in [0.2, 0.25) is 0 Å². The van der Waals surface area contributed by atoms with Crippen molar-refractivity contribution >= 4 is 0 Å². The summed E-state index contributed by atoms with van der Waals surface area (Å²) < 4.78 is 0. The lowest BCUT2D eigenvalue weighted by Gasteiger charge is -2.42. The maximum atomic E-state index is 9.51. The Morgan fingerprint density at radius 1 is 1.23 bits per heavy atom. The number of hydrogen-bond acceptors (Lipinski definition) is 4. The Labute approximate surface area is 159 Å². The molecule has 3 rings (SSSR count). The van der Waals surface area contributed by atoms with E-state index in [1.165, 1.54) is 49.8 Å². The van der Waals surface area contributed by atoms with E-state index in [9.17, 15) is 5.11 Å². The lowest BCUT2D eigenvalue weighted by atomic mass is 9.85. The second-order valence-corrected chi connectivity index (χ2v) is 8.76. The molecular weight excluding hydrogens is 324 g/mol. The zero-order chi connectivity index (χ0) is 18.4. The van der Waals surface area contributed by atoms with Gasteiger partial charge < -0.3 is 5.11 Å². The molecule has 148 valence electrons. The largest absolute Gasteiger partial charge is 0.396 e. The number of aromatic amines is 1. The number of aliphatic hydroxyl groups excluding tert-OH is 1. The molecule has 2 N–H and O–H groups in total. The third-order valence-electron chi connectivity index (χ3n) is 6.30. The first-order valence-corrected chi connectivity index (χ1v) is 10.8. The van der Waals surface area contributed by atoms with Crippen molar-refractivity contribution in [1.29, 1.82) is 0 Å². The fourth-order valence-corrected chi connectivity index (χ4v) is 4.67. The predicted octanol–water partition coefficient (Wildman–Crippen LogP) is 3.37. The number of H-pyrrole nitrogens is 1. The molecule has 1 aromatic heterocycles. The van der Waals surface area contributed by atoms with E-state index in [4.69, 9.17) is 0 Å². The highest BCUT2D eigenvalue weighted by Gasteiger charge is 2.28. The summed E-state index contributed by atoms with van der Waals surface area (Å²) >= 11 is 0. The second kappa shape index (κ2) is 9.86. The molecule has 1 saturated heterocycles. The summed E-state index contributed by atoms with van der Waals surface area (Å²) in [6.07, 6.45) is 10.9. The lowest BCUT2D eigenvalue weighted by molar-refractivity contribution is 0.0522. The number of nitrogens with zero attached hydrogens (tertiary/aromatic N) is 3. The molecule has 1 aliphatic heterocycles. The van der Waals surface area contributed by atoms with Crippen molar-refractivity contribution in [2.75, 3.05) is 32.8 Å². The SMILES string of the molecule is CC(C)CCN1CCN(Cc2cn[nH]c2C2CCCCC2)C[C@@H]1CCO. The number of rotatable bonds is 8. The van der Waals surface area contributed by atoms with Gasteiger partial charge in [-0.05, 0) is 38.1 Å². The molecule has 0 spiro atoms. The summed E-state index contributed by atoms with van der Waals surface area (Å²) in [4.78, 5) is 5.17. The van der Waals surface area contributed by atoms with Gasteiger partial charge in [-0.1, -0.05) is 33.1 Å². The standard InChI is InChI=1S/C21H38N4O/c1-17(2)8-10-25-12-11-24(16-20(25)9-13-26)15-19-14-22-23-21(19)18-6-4-3-5-7-18/h14,17-18,20,26H,3-13,15-16H2,1-2H3,(H,22,23)/t20-/m0/s1. The lowest BCUT2D eigenvalue weighted by Crippen LogP contribution is -2.53. The molecule has 5 nitrogen and oxygen atoms in total. The van der Waals surface area contributed by atoms with Gasteiger partial charge in [0, 0.05) is 56.0 Å². The molecule has 0 unspecified atom stereocenters. The van der Waals surface area contributed by atoms with Crippen LogP contribution in [0.3, 0.4) is 0 Å². The van der Waals surface area contributed by atoms with Crippen LogP contribution in [0.2, 0.25) is 0 Å². The Bertz CT molecular complexity index is 524. The Morgan fingerprint density at radius 3 is 2.77 bits per heavy atom. The molecule has 0 aromatic carbocycles. The van der Waals surface area contributed by atoms with Crippen molar-refractivity contribution < 1.29 is 5.11 Å². The van der Waals surface area contributed by atoms with Crippen LogP contribution in [0.15, 0.2) is 6.20 Å². The van der Waals surface area contributed by atoms with Gasteiger partial charge in [0.1, 0.15) is 0 Å². The van der Waals surface area contributed by atoms with Crippen molar-refractivity contribution in [2.24, 2.45) is 5.92 Å². The molecule has 26 heavy (non-hydrogen) atoms. The van der Waals surface area contributed by atoms with Gasteiger partial charge in [0.05, 0.1) is 6.20 Å². The minimum atomic E-state index is 0.287. The van der Waals surface area contributed by atoms with Crippen LogP contribution >= 0.6 is 0 Å². The van der Waals surface area contributed by atoms with Gasteiger partial charge in [-0.15, -0.1) is 0 Å². The van der Waals surface area contributed by atoms with Gasteiger partial charge >= 0.3 is 0 Å². The minimum absolute atomic E-state index is 0.287. The minimum Gasteiger partial charge on any atom is -0.396 e. The average Bonchev–Trinajstić information content (AvgIpc) is 3.10. The average molecular weight is 363 g/mol. The number of hydrogen-bond donors (Lipinski definition) is 2. The summed E-state index contributed by atoms with van der Waals surface area (Å²) in [7, 11) is 0. The van der Waals surface area contributed by atoms with Crippen molar-refractivity contribution in [2.45, 2.75) is 77.3 Å². The van der Waals surface area contributed by atoms with E-state index in [2.05, 4.69) is 40.0 Å². The topological polar surface area (TPSA) is 55.4 Å². The van der Waals surface area contributed by atoms with Crippen molar-refractivity contribution in [3.8, 4) is 0 Å². The Hall–Kier alpha value is -0.910. The van der Waals surface area contributed by atoms with Crippen molar-refractivity contribution in [1.82, 2.24) is 20.0 Å². The molecule has 1 aromatic rings. The van der Waals surface area contributed by atoms with Crippen LogP contribution in [0.25, 0.3) is 0 Å². The number of piperazine rings is 1. The summed E-state index contributed by atoms with van der Waals surface area (Å²) in [5.74, 6) is 1.42. The first-order chi connectivity index (χ1) is 12.7. The van der Waals surface area contributed by atoms with Gasteiger partial charge in [-0.2, -0.15) is 5.10 Å². The van der Waals surface area contributed by atoms with Crippen LogP contribution in [-0.2, 0) is 6.54 Å². The van der Waals surface area contributed by atoms with Gasteiger partial charge in [-0.3, -0.25) is 14.9 Å². The van der Waals surface area contributed by atoms with Crippen LogP contribution in [0.4, 0.5) is 0 Å². The van der Waals surface area contributed by atoms with Crippen molar-refractivity contribution in [3.63, 3.8) is 0 Å². The van der Waals surface area contributed by atoms with E-state index in [0.29, 0.717) is 12.0 Å². The second-order valence-electron chi connectivity index (χ2n) is 8.76. The van der Waals surface area contributed by atoms with Gasteiger partial charge in [-0.25, -0.2) is 0 Å². The van der Waals surface area contributed by atoms with Crippen LogP contribution < -0.4 is 0 Å². The molecule has 5 heteroatoms. The summed E-state index contributed by atoms with van der Waals surface area (Å²) in [5.41, 5.74) is 2.79.